The molecule has 7 heteroatoms. The van der Waals surface area contributed by atoms with Gasteiger partial charge in [0.1, 0.15) is 5.75 Å². The van der Waals surface area contributed by atoms with Gasteiger partial charge in [-0.15, -0.1) is 6.42 Å². The summed E-state index contributed by atoms with van der Waals surface area (Å²) >= 11 is 0.936. The van der Waals surface area contributed by atoms with Crippen molar-refractivity contribution in [2.45, 2.75) is 130 Å². The maximum absolute atomic E-state index is 6.43. The molecule has 0 aliphatic carbocycles. The van der Waals surface area contributed by atoms with E-state index >= 15 is 0 Å². The minimum atomic E-state index is 0.427. The van der Waals surface area contributed by atoms with Crippen LogP contribution in [0.5, 0.6) is 11.5 Å². The van der Waals surface area contributed by atoms with Crippen LogP contribution in [0.15, 0.2) is 130 Å². The summed E-state index contributed by atoms with van der Waals surface area (Å²) in [6.07, 6.45) is 41.8. The summed E-state index contributed by atoms with van der Waals surface area (Å²) in [6, 6.07) is 20.7. The number of benzene rings is 2. The van der Waals surface area contributed by atoms with Crippen molar-refractivity contribution in [3.8, 4) is 36.2 Å². The van der Waals surface area contributed by atoms with Crippen LogP contribution in [0, 0.1) is 36.5 Å². The zero-order chi connectivity index (χ0) is 47.1. The molecular formula is C59H72N4O2Zn. The fraction of sp³-hybridized carbons (Fsp3) is 0.407. The number of hydrogen-bond acceptors (Lipinski definition) is 5. The van der Waals surface area contributed by atoms with Gasteiger partial charge in [-0.25, -0.2) is 0 Å². The predicted octanol–water partition coefficient (Wildman–Crippen LogP) is 14.3. The molecule has 0 saturated heterocycles. The Hall–Kier alpha value is -5.49. The van der Waals surface area contributed by atoms with E-state index in [2.05, 4.69) is 106 Å². The first-order chi connectivity index (χ1) is 32.3. The van der Waals surface area contributed by atoms with Crippen molar-refractivity contribution in [2.24, 2.45) is 27.6 Å². The van der Waals surface area contributed by atoms with Crippen molar-refractivity contribution >= 4 is 26.7 Å². The molecule has 5 rings (SSSR count). The van der Waals surface area contributed by atoms with Gasteiger partial charge in [0.25, 0.3) is 0 Å². The molecule has 0 saturated carbocycles. The number of ether oxygens (including phenoxy) is 2. The molecule has 2 aromatic carbocycles. The number of allylic oxidation sites excluding steroid dienone is 7. The molecule has 0 radical (unpaired) electrons. The SMILES string of the molecule is C#C/C(C1=N/C(=C(/c2ccc(OCC(CCCC)CCCCCC)cc2)c2ccc(/C(C#C)=C(\N)C=C)[nH]2)C=C1)=C1\C=CC([C](=[Zn])c2ccc(OCC(CCCC)CCCCCC)cc2)=N1. The number of terminal acetylenes is 2. The van der Waals surface area contributed by atoms with Crippen LogP contribution in [0.2, 0.25) is 0 Å². The number of nitrogens with one attached hydrogen (secondary N) is 1. The van der Waals surface area contributed by atoms with Crippen molar-refractivity contribution in [3.63, 3.8) is 0 Å². The van der Waals surface area contributed by atoms with Gasteiger partial charge in [0, 0.05) is 5.70 Å². The zero-order valence-corrected chi connectivity index (χ0v) is 43.4. The van der Waals surface area contributed by atoms with E-state index in [1.54, 1.807) is 6.08 Å². The minimum absolute atomic E-state index is 0.427. The first-order valence-electron chi connectivity index (χ1n) is 24.7. The average molecular weight is 935 g/mol. The zero-order valence-electron chi connectivity index (χ0n) is 40.4. The third-order valence-corrected chi connectivity index (χ3v) is 14.2. The fourth-order valence-electron chi connectivity index (χ4n) is 8.51. The molecular weight excluding hydrogens is 862 g/mol. The van der Waals surface area contributed by atoms with Gasteiger partial charge in [-0.2, -0.15) is 0 Å². The van der Waals surface area contributed by atoms with Gasteiger partial charge in [-0.1, -0.05) is 78.2 Å². The molecule has 0 bridgehead atoms. The number of aromatic nitrogens is 1. The van der Waals surface area contributed by atoms with E-state index in [1.807, 2.05) is 30.4 Å². The summed E-state index contributed by atoms with van der Waals surface area (Å²) in [5.41, 5.74) is 15.5. The van der Waals surface area contributed by atoms with Crippen molar-refractivity contribution < 1.29 is 27.3 Å². The Kier molecular flexibility index (Phi) is 21.7. The van der Waals surface area contributed by atoms with Gasteiger partial charge in [-0.05, 0) is 24.8 Å². The fourth-order valence-corrected chi connectivity index (χ4v) is 9.42. The van der Waals surface area contributed by atoms with Crippen LogP contribution in [-0.2, 0) is 17.9 Å². The quantitative estimate of drug-likeness (QED) is 0.0315. The summed E-state index contributed by atoms with van der Waals surface area (Å²) in [6.45, 7) is 14.4. The van der Waals surface area contributed by atoms with E-state index in [0.29, 0.717) is 34.4 Å². The Morgan fingerprint density at radius 3 is 1.67 bits per heavy atom. The topological polar surface area (TPSA) is 85.0 Å². The molecule has 66 heavy (non-hydrogen) atoms. The Morgan fingerprint density at radius 1 is 0.636 bits per heavy atom. The van der Waals surface area contributed by atoms with Gasteiger partial charge in [0.15, 0.2) is 0 Å². The Labute approximate surface area is 407 Å². The molecule has 0 amide bonds. The van der Waals surface area contributed by atoms with E-state index < -0.39 is 0 Å². The predicted molar refractivity (Wildman–Crippen MR) is 277 cm³/mol. The second-order valence-corrected chi connectivity index (χ2v) is 19.1. The van der Waals surface area contributed by atoms with Crippen LogP contribution in [-0.4, -0.2) is 33.7 Å². The second kappa shape index (κ2) is 27.9. The summed E-state index contributed by atoms with van der Waals surface area (Å²) in [5.74, 6) is 8.58. The van der Waals surface area contributed by atoms with Crippen molar-refractivity contribution in [3.05, 3.63) is 143 Å². The van der Waals surface area contributed by atoms with Crippen LogP contribution >= 0.6 is 0 Å². The van der Waals surface area contributed by atoms with E-state index in [-0.39, 0.29) is 0 Å². The van der Waals surface area contributed by atoms with Gasteiger partial charge < -0.3 is 10.5 Å². The number of H-pyrrole nitrogens is 1. The van der Waals surface area contributed by atoms with Crippen LogP contribution in [0.1, 0.15) is 153 Å². The Morgan fingerprint density at radius 2 is 1.14 bits per heavy atom. The standard InChI is InChI=1S/C59H72N4O2.Zn/c1-8-15-19-21-25-45(23-17-10-3)42-64-49-32-27-44(28-33-49)41-48-31-36-55(61-48)52(13-6)56-38-40-58(63-56)59(57-39-37-54(62-57)51(12-5)53(60)14-7)47-29-34-50(35-30-47)65-43-46(24-18-11-4)26-22-20-16-9-2;/h5-6,14,27-40,45-46,62H,7-11,15-26,42-43,60H2,1-4H3;/b53-51-,55-52-,59-58-;. The van der Waals surface area contributed by atoms with E-state index in [0.717, 1.165) is 87.8 Å². The molecule has 3 N–H and O–H groups in total. The number of hydrogen-bond donors (Lipinski definition) is 2. The molecule has 2 unspecified atom stereocenters. The van der Waals surface area contributed by atoms with Gasteiger partial charge in [0.2, 0.25) is 0 Å². The third kappa shape index (κ3) is 15.0. The van der Waals surface area contributed by atoms with Crippen LogP contribution in [0.25, 0.3) is 11.1 Å². The van der Waals surface area contributed by atoms with Gasteiger partial charge in [-0.3, -0.25) is 0 Å². The van der Waals surface area contributed by atoms with E-state index in [1.165, 1.54) is 107 Å². The molecule has 1 aromatic heterocycles. The number of nitrogens with two attached hydrogens (primary N) is 1. The van der Waals surface area contributed by atoms with E-state index in [4.69, 9.17) is 38.0 Å². The summed E-state index contributed by atoms with van der Waals surface area (Å²) in [4.78, 5) is 13.8. The molecule has 3 aromatic rings. The van der Waals surface area contributed by atoms with E-state index in [9.17, 15) is 0 Å². The van der Waals surface area contributed by atoms with Crippen molar-refractivity contribution in [1.82, 2.24) is 4.98 Å². The number of aliphatic imine (C=N–C) groups is 2. The molecule has 342 valence electrons. The number of nitrogens with zero attached hydrogens (tertiary/aromatic N) is 2. The number of rotatable bonds is 29. The van der Waals surface area contributed by atoms with Crippen molar-refractivity contribution in [1.29, 1.82) is 0 Å². The van der Waals surface area contributed by atoms with Crippen LogP contribution < -0.4 is 15.2 Å². The maximum atomic E-state index is 6.43. The molecule has 3 heterocycles. The normalized spacial score (nSPS) is 15.9. The number of unbranched alkanes of at least 4 members (excludes halogenated alkanes) is 8. The van der Waals surface area contributed by atoms with Crippen LogP contribution in [0.4, 0.5) is 0 Å². The first kappa shape index (κ1) is 51.5. The molecule has 2 aliphatic rings. The molecule has 0 fully saturated rings. The third-order valence-electron chi connectivity index (χ3n) is 12.6. The Bertz CT molecular complexity index is 2390. The monoisotopic (exact) mass is 932 g/mol. The molecule has 0 spiro atoms. The van der Waals surface area contributed by atoms with Gasteiger partial charge in [0.05, 0.1) is 12.2 Å². The summed E-state index contributed by atoms with van der Waals surface area (Å²) in [5, 5.41) is 0. The summed E-state index contributed by atoms with van der Waals surface area (Å²) in [7, 11) is 0. The molecule has 2 aliphatic heterocycles. The first-order valence-corrected chi connectivity index (χ1v) is 26.2. The number of aromatic amines is 1. The molecule has 6 nitrogen and oxygen atoms in total. The van der Waals surface area contributed by atoms with Gasteiger partial charge >= 0.3 is 266 Å². The second-order valence-electron chi connectivity index (χ2n) is 17.7. The average Bonchev–Trinajstić information content (AvgIpc) is 4.15. The summed E-state index contributed by atoms with van der Waals surface area (Å²) < 4.78 is 14.0. The van der Waals surface area contributed by atoms with Crippen LogP contribution in [0.3, 0.4) is 0 Å². The Balaban J connectivity index is 1.38. The molecule has 2 atom stereocenters. The van der Waals surface area contributed by atoms with Crippen molar-refractivity contribution in [2.75, 3.05) is 13.2 Å².